The van der Waals surface area contributed by atoms with Crippen LogP contribution in [0.3, 0.4) is 0 Å². The summed E-state index contributed by atoms with van der Waals surface area (Å²) < 4.78 is 13.3. The third kappa shape index (κ3) is 3.56. The smallest absolute Gasteiger partial charge is 0.123 e. The molecule has 1 fully saturated rings. The second kappa shape index (κ2) is 6.83. The number of nitriles is 1. The molecule has 0 unspecified atom stereocenters. The molecule has 1 aliphatic carbocycles. The van der Waals surface area contributed by atoms with Crippen molar-refractivity contribution in [2.24, 2.45) is 5.92 Å². The summed E-state index contributed by atoms with van der Waals surface area (Å²) in [6.45, 7) is 0.869. The lowest BCUT2D eigenvalue weighted by Gasteiger charge is -2.34. The zero-order chi connectivity index (χ0) is 14.5. The molecule has 1 saturated carbocycles. The zero-order valence-corrected chi connectivity index (χ0v) is 11.8. The van der Waals surface area contributed by atoms with Crippen molar-refractivity contribution in [1.82, 2.24) is 4.90 Å². The number of hydrogen-bond donors (Lipinski definition) is 1. The Kier molecular flexibility index (Phi) is 5.11. The molecule has 108 valence electrons. The van der Waals surface area contributed by atoms with Crippen molar-refractivity contribution < 1.29 is 9.50 Å². The maximum atomic E-state index is 13.3. The van der Waals surface area contributed by atoms with Gasteiger partial charge in [-0.3, -0.25) is 4.90 Å². The number of aliphatic hydroxyl groups is 1. The van der Waals surface area contributed by atoms with Gasteiger partial charge in [-0.2, -0.15) is 5.26 Å². The van der Waals surface area contributed by atoms with Crippen LogP contribution < -0.4 is 0 Å². The van der Waals surface area contributed by atoms with Gasteiger partial charge in [0.2, 0.25) is 0 Å². The van der Waals surface area contributed by atoms with Crippen LogP contribution in [-0.2, 0) is 6.54 Å². The molecule has 1 aliphatic rings. The second-order valence-electron chi connectivity index (χ2n) is 5.69. The maximum absolute atomic E-state index is 13.3. The van der Waals surface area contributed by atoms with Gasteiger partial charge in [0.05, 0.1) is 11.6 Å². The lowest BCUT2D eigenvalue weighted by Crippen LogP contribution is -2.35. The van der Waals surface area contributed by atoms with Gasteiger partial charge in [-0.25, -0.2) is 4.39 Å². The molecule has 0 bridgehead atoms. The van der Waals surface area contributed by atoms with E-state index in [0.717, 1.165) is 31.2 Å². The van der Waals surface area contributed by atoms with Crippen LogP contribution in [0.25, 0.3) is 0 Å². The normalized spacial score (nSPS) is 22.8. The van der Waals surface area contributed by atoms with Crippen molar-refractivity contribution in [2.75, 3.05) is 13.7 Å². The van der Waals surface area contributed by atoms with E-state index in [0.29, 0.717) is 24.1 Å². The molecule has 0 spiro atoms. The van der Waals surface area contributed by atoms with Gasteiger partial charge in [0.25, 0.3) is 0 Å². The van der Waals surface area contributed by atoms with Gasteiger partial charge in [0.15, 0.2) is 0 Å². The van der Waals surface area contributed by atoms with Crippen LogP contribution in [0.15, 0.2) is 18.2 Å². The van der Waals surface area contributed by atoms with Gasteiger partial charge < -0.3 is 5.11 Å². The standard InChI is InChI=1S/C16H21FN2O/c1-19(16-6-2-12(11-20)3-7-16)10-14-8-15(17)5-4-13(14)9-18/h4-5,8,12,16,20H,2-3,6-7,10-11H2,1H3. The van der Waals surface area contributed by atoms with Gasteiger partial charge in [0, 0.05) is 19.2 Å². The lowest BCUT2D eigenvalue weighted by atomic mass is 9.86. The Morgan fingerprint density at radius 1 is 1.35 bits per heavy atom. The van der Waals surface area contributed by atoms with Gasteiger partial charge in [0.1, 0.15) is 5.82 Å². The highest BCUT2D eigenvalue weighted by atomic mass is 19.1. The van der Waals surface area contributed by atoms with Crippen LogP contribution in [0.1, 0.15) is 36.8 Å². The van der Waals surface area contributed by atoms with E-state index in [1.807, 2.05) is 7.05 Å². The predicted molar refractivity (Wildman–Crippen MR) is 75.4 cm³/mol. The number of halogens is 1. The first-order valence-electron chi connectivity index (χ1n) is 7.13. The fraction of sp³-hybridized carbons (Fsp3) is 0.562. The Hall–Kier alpha value is -1.44. The highest BCUT2D eigenvalue weighted by molar-refractivity contribution is 5.37. The van der Waals surface area contributed by atoms with Crippen LogP contribution >= 0.6 is 0 Å². The Morgan fingerprint density at radius 2 is 2.05 bits per heavy atom. The molecule has 0 radical (unpaired) electrons. The summed E-state index contributed by atoms with van der Waals surface area (Å²) in [5, 5.41) is 18.2. The number of nitrogens with zero attached hydrogens (tertiary/aromatic N) is 2. The van der Waals surface area contributed by atoms with Gasteiger partial charge in [-0.15, -0.1) is 0 Å². The van der Waals surface area contributed by atoms with Crippen LogP contribution in [-0.4, -0.2) is 29.7 Å². The molecule has 3 nitrogen and oxygen atoms in total. The van der Waals surface area contributed by atoms with E-state index in [1.54, 1.807) is 6.07 Å². The van der Waals surface area contributed by atoms with E-state index in [2.05, 4.69) is 11.0 Å². The monoisotopic (exact) mass is 276 g/mol. The Balaban J connectivity index is 2.00. The molecule has 0 atom stereocenters. The molecule has 20 heavy (non-hydrogen) atoms. The first-order chi connectivity index (χ1) is 9.63. The van der Waals surface area contributed by atoms with Crippen LogP contribution in [0, 0.1) is 23.1 Å². The minimum Gasteiger partial charge on any atom is -0.396 e. The first-order valence-corrected chi connectivity index (χ1v) is 7.13. The van der Waals surface area contributed by atoms with E-state index in [1.165, 1.54) is 12.1 Å². The van der Waals surface area contributed by atoms with E-state index >= 15 is 0 Å². The summed E-state index contributed by atoms with van der Waals surface area (Å²) in [4.78, 5) is 2.20. The number of benzene rings is 1. The Bertz CT molecular complexity index is 490. The van der Waals surface area contributed by atoms with E-state index in [-0.39, 0.29) is 12.4 Å². The minimum absolute atomic E-state index is 0.277. The van der Waals surface area contributed by atoms with E-state index in [9.17, 15) is 4.39 Å². The molecule has 2 rings (SSSR count). The summed E-state index contributed by atoms with van der Waals surface area (Å²) in [5.41, 5.74) is 1.29. The number of rotatable bonds is 4. The molecular formula is C16H21FN2O. The molecule has 0 aliphatic heterocycles. The fourth-order valence-corrected chi connectivity index (χ4v) is 2.97. The molecule has 1 aromatic carbocycles. The van der Waals surface area contributed by atoms with Gasteiger partial charge >= 0.3 is 0 Å². The lowest BCUT2D eigenvalue weighted by molar-refractivity contribution is 0.124. The highest BCUT2D eigenvalue weighted by Crippen LogP contribution is 2.27. The molecule has 0 amide bonds. The molecule has 1 aromatic rings. The summed E-state index contributed by atoms with van der Waals surface area (Å²) in [6.07, 6.45) is 4.19. The summed E-state index contributed by atoms with van der Waals surface area (Å²) in [5.74, 6) is 0.139. The Morgan fingerprint density at radius 3 is 2.65 bits per heavy atom. The highest BCUT2D eigenvalue weighted by Gasteiger charge is 2.24. The van der Waals surface area contributed by atoms with Crippen molar-refractivity contribution in [2.45, 2.75) is 38.3 Å². The van der Waals surface area contributed by atoms with Crippen molar-refractivity contribution in [3.05, 3.63) is 35.1 Å². The number of hydrogen-bond acceptors (Lipinski definition) is 3. The molecular weight excluding hydrogens is 255 g/mol. The summed E-state index contributed by atoms with van der Waals surface area (Å²) in [6, 6.07) is 6.90. The summed E-state index contributed by atoms with van der Waals surface area (Å²) >= 11 is 0. The van der Waals surface area contributed by atoms with Crippen LogP contribution in [0.2, 0.25) is 0 Å². The second-order valence-corrected chi connectivity index (χ2v) is 5.69. The van der Waals surface area contributed by atoms with Crippen molar-refractivity contribution in [3.8, 4) is 6.07 Å². The average molecular weight is 276 g/mol. The van der Waals surface area contributed by atoms with Crippen LogP contribution in [0.5, 0.6) is 0 Å². The third-order valence-corrected chi connectivity index (χ3v) is 4.31. The topological polar surface area (TPSA) is 47.3 Å². The minimum atomic E-state index is -0.295. The van der Waals surface area contributed by atoms with Crippen molar-refractivity contribution in [3.63, 3.8) is 0 Å². The molecule has 1 N–H and O–H groups in total. The summed E-state index contributed by atoms with van der Waals surface area (Å²) in [7, 11) is 2.02. The van der Waals surface area contributed by atoms with E-state index in [4.69, 9.17) is 10.4 Å². The fourth-order valence-electron chi connectivity index (χ4n) is 2.97. The number of aliphatic hydroxyl groups excluding tert-OH is 1. The average Bonchev–Trinajstić information content (AvgIpc) is 2.47. The maximum Gasteiger partial charge on any atom is 0.123 e. The van der Waals surface area contributed by atoms with E-state index < -0.39 is 0 Å². The largest absolute Gasteiger partial charge is 0.396 e. The molecule has 0 heterocycles. The van der Waals surface area contributed by atoms with Crippen molar-refractivity contribution in [1.29, 1.82) is 5.26 Å². The predicted octanol–water partition coefficient (Wildman–Crippen LogP) is 2.68. The first kappa shape index (κ1) is 15.0. The quantitative estimate of drug-likeness (QED) is 0.919. The molecule has 4 heteroatoms. The SMILES string of the molecule is CN(Cc1cc(F)ccc1C#N)C1CCC(CO)CC1. The van der Waals surface area contributed by atoms with Crippen molar-refractivity contribution >= 4 is 0 Å². The van der Waals surface area contributed by atoms with Gasteiger partial charge in [-0.05, 0) is 62.4 Å². The van der Waals surface area contributed by atoms with Gasteiger partial charge in [-0.1, -0.05) is 0 Å². The zero-order valence-electron chi connectivity index (χ0n) is 11.8. The Labute approximate surface area is 119 Å². The molecule has 0 aromatic heterocycles. The third-order valence-electron chi connectivity index (χ3n) is 4.31. The van der Waals surface area contributed by atoms with Crippen LogP contribution in [0.4, 0.5) is 4.39 Å². The molecule has 0 saturated heterocycles.